The third kappa shape index (κ3) is 3.53. The molecule has 0 aromatic rings. The number of hydrogen-bond donors (Lipinski definition) is 0. The molecule has 0 aliphatic rings. The van der Waals surface area contributed by atoms with E-state index in [1.54, 1.807) is 0 Å². The number of hydrogen-bond acceptors (Lipinski definition) is 4. The molecular weight excluding hydrogens is 208 g/mol. The van der Waals surface area contributed by atoms with E-state index < -0.39 is 5.41 Å². The summed E-state index contributed by atoms with van der Waals surface area (Å²) < 4.78 is 0. The van der Waals surface area contributed by atoms with Crippen molar-refractivity contribution in [3.8, 4) is 0 Å². The van der Waals surface area contributed by atoms with Gasteiger partial charge in [0.1, 0.15) is 25.1 Å². The van der Waals surface area contributed by atoms with Crippen molar-refractivity contribution in [3.63, 3.8) is 0 Å². The van der Waals surface area contributed by atoms with Crippen LogP contribution in [0.4, 0.5) is 0 Å². The average molecular weight is 223 g/mol. The van der Waals surface area contributed by atoms with Crippen molar-refractivity contribution in [3.05, 3.63) is 18.6 Å². The van der Waals surface area contributed by atoms with Crippen molar-refractivity contribution in [1.82, 2.24) is 0 Å². The largest absolute Gasteiger partial charge is 0.303 e. The van der Waals surface area contributed by atoms with Crippen molar-refractivity contribution in [2.45, 2.75) is 25.7 Å². The summed E-state index contributed by atoms with van der Waals surface area (Å²) in [4.78, 5) is 42.7. The van der Waals surface area contributed by atoms with Gasteiger partial charge in [0.05, 0.1) is 0 Å². The predicted molar refractivity (Wildman–Crippen MR) is 58.6 cm³/mol. The summed E-state index contributed by atoms with van der Waals surface area (Å²) in [7, 11) is 0. The molecule has 87 valence electrons. The first-order valence-electron chi connectivity index (χ1n) is 4.94. The smallest absolute Gasteiger partial charge is 0.127 e. The third-order valence-electron chi connectivity index (χ3n) is 2.55. The summed E-state index contributed by atoms with van der Waals surface area (Å²) in [6, 6.07) is 0. The van der Waals surface area contributed by atoms with Crippen molar-refractivity contribution < 1.29 is 19.2 Å². The molecule has 0 rings (SSSR count). The summed E-state index contributed by atoms with van der Waals surface area (Å²) in [5.41, 5.74) is -1.05. The lowest BCUT2D eigenvalue weighted by Gasteiger charge is -2.31. The predicted octanol–water partition coefficient (Wildman–Crippen LogP) is 1.09. The van der Waals surface area contributed by atoms with Crippen LogP contribution < -0.4 is 0 Å². The van der Waals surface area contributed by atoms with Gasteiger partial charge >= 0.3 is 0 Å². The highest BCUT2D eigenvalue weighted by molar-refractivity contribution is 5.74. The molecule has 0 fully saturated rings. The van der Waals surface area contributed by atoms with Gasteiger partial charge in [0.25, 0.3) is 0 Å². The zero-order chi connectivity index (χ0) is 12.4. The van der Waals surface area contributed by atoms with E-state index in [0.29, 0.717) is 31.1 Å². The van der Waals surface area contributed by atoms with E-state index >= 15 is 0 Å². The van der Waals surface area contributed by atoms with Crippen LogP contribution in [0.5, 0.6) is 0 Å². The van der Waals surface area contributed by atoms with Gasteiger partial charge in [-0.25, -0.2) is 0 Å². The maximum atomic E-state index is 11.1. The fourth-order valence-corrected chi connectivity index (χ4v) is 1.65. The highest BCUT2D eigenvalue weighted by atomic mass is 16.1. The van der Waals surface area contributed by atoms with Crippen LogP contribution in [0.2, 0.25) is 0 Å². The Kier molecular flexibility index (Phi) is 6.92. The standard InChI is InChI=1S/C12H15O4/c1-2-5-12(10-16,6-9-15)11(3-7-13)4-8-14/h2,7-10H,1,3-6H2. The highest BCUT2D eigenvalue weighted by Gasteiger charge is 2.37. The lowest BCUT2D eigenvalue weighted by molar-refractivity contribution is -0.121. The molecule has 0 heterocycles. The number of carbonyl (C=O) groups excluding carboxylic acids is 4. The van der Waals surface area contributed by atoms with Crippen LogP contribution in [0.15, 0.2) is 12.7 Å². The lowest BCUT2D eigenvalue weighted by Crippen LogP contribution is -2.31. The number of aldehydes is 4. The Labute approximate surface area is 94.7 Å². The van der Waals surface area contributed by atoms with Gasteiger partial charge in [-0.3, -0.25) is 0 Å². The van der Waals surface area contributed by atoms with Crippen LogP contribution in [0.3, 0.4) is 0 Å². The molecule has 1 radical (unpaired) electrons. The minimum absolute atomic E-state index is 0.0131. The normalized spacial score (nSPS) is 13.8. The zero-order valence-corrected chi connectivity index (χ0v) is 9.06. The second-order valence-electron chi connectivity index (χ2n) is 3.48. The van der Waals surface area contributed by atoms with Gasteiger partial charge in [-0.15, -0.1) is 6.58 Å². The maximum absolute atomic E-state index is 11.1. The number of rotatable bonds is 10. The van der Waals surface area contributed by atoms with E-state index in [9.17, 15) is 19.2 Å². The highest BCUT2D eigenvalue weighted by Crippen LogP contribution is 2.38. The van der Waals surface area contributed by atoms with Crippen LogP contribution in [0.25, 0.3) is 0 Å². The fraction of sp³-hybridized carbons (Fsp3) is 0.417. The Morgan fingerprint density at radius 1 is 0.938 bits per heavy atom. The first kappa shape index (κ1) is 14.4. The molecule has 0 aliphatic carbocycles. The summed E-state index contributed by atoms with van der Waals surface area (Å²) in [5.74, 6) is 0.472. The molecule has 16 heavy (non-hydrogen) atoms. The topological polar surface area (TPSA) is 68.3 Å². The molecule has 4 heteroatoms. The van der Waals surface area contributed by atoms with Gasteiger partial charge < -0.3 is 19.2 Å². The average Bonchev–Trinajstić information content (AvgIpc) is 2.28. The maximum Gasteiger partial charge on any atom is 0.127 e. The van der Waals surface area contributed by atoms with Crippen molar-refractivity contribution in [2.75, 3.05) is 0 Å². The van der Waals surface area contributed by atoms with E-state index in [1.165, 1.54) is 6.08 Å². The van der Waals surface area contributed by atoms with Gasteiger partial charge in [0.2, 0.25) is 0 Å². The molecule has 4 nitrogen and oxygen atoms in total. The minimum Gasteiger partial charge on any atom is -0.303 e. The number of carbonyl (C=O) groups is 4. The second kappa shape index (κ2) is 7.68. The quantitative estimate of drug-likeness (QED) is 0.410. The van der Waals surface area contributed by atoms with E-state index in [2.05, 4.69) is 6.58 Å². The molecule has 0 saturated heterocycles. The third-order valence-corrected chi connectivity index (χ3v) is 2.55. The Hall–Kier alpha value is -1.58. The Balaban J connectivity index is 5.09. The van der Waals surface area contributed by atoms with Crippen molar-refractivity contribution >= 4 is 25.1 Å². The summed E-state index contributed by atoms with van der Waals surface area (Å²) >= 11 is 0. The minimum atomic E-state index is -1.05. The number of allylic oxidation sites excluding steroid dienone is 1. The van der Waals surface area contributed by atoms with Gasteiger partial charge in [-0.05, 0) is 6.42 Å². The van der Waals surface area contributed by atoms with Crippen molar-refractivity contribution in [1.29, 1.82) is 0 Å². The molecule has 1 atom stereocenters. The molecule has 0 spiro atoms. The molecule has 0 aromatic heterocycles. The molecule has 0 bridgehead atoms. The monoisotopic (exact) mass is 223 g/mol. The fourth-order valence-electron chi connectivity index (χ4n) is 1.65. The first-order chi connectivity index (χ1) is 7.70. The zero-order valence-electron chi connectivity index (χ0n) is 9.06. The van der Waals surface area contributed by atoms with Crippen LogP contribution in [-0.4, -0.2) is 25.1 Å². The Bertz CT molecular complexity index is 250. The first-order valence-corrected chi connectivity index (χ1v) is 4.94. The van der Waals surface area contributed by atoms with Crippen LogP contribution in [-0.2, 0) is 19.2 Å². The summed E-state index contributed by atoms with van der Waals surface area (Å²) in [5, 5.41) is 0. The van der Waals surface area contributed by atoms with Crippen LogP contribution in [0.1, 0.15) is 25.7 Å². The van der Waals surface area contributed by atoms with Crippen LogP contribution >= 0.6 is 0 Å². The Morgan fingerprint density at radius 3 is 1.81 bits per heavy atom. The molecule has 0 amide bonds. The van der Waals surface area contributed by atoms with Gasteiger partial charge in [0.15, 0.2) is 0 Å². The van der Waals surface area contributed by atoms with E-state index in [4.69, 9.17) is 0 Å². The summed E-state index contributed by atoms with van der Waals surface area (Å²) in [6.07, 6.45) is 4.27. The summed E-state index contributed by atoms with van der Waals surface area (Å²) in [6.45, 7) is 3.51. The molecule has 0 aromatic carbocycles. The molecule has 0 aliphatic heterocycles. The van der Waals surface area contributed by atoms with Gasteiger partial charge in [-0.1, -0.05) is 6.08 Å². The Morgan fingerprint density at radius 2 is 1.50 bits per heavy atom. The lowest BCUT2D eigenvalue weighted by atomic mass is 9.69. The van der Waals surface area contributed by atoms with E-state index in [1.807, 2.05) is 0 Å². The molecular formula is C12H15O4. The SMILES string of the molecule is C=CCC(C=O)(CC=O)[C](CC=O)CC=O. The molecule has 0 N–H and O–H groups in total. The van der Waals surface area contributed by atoms with Crippen LogP contribution in [0, 0.1) is 11.3 Å². The van der Waals surface area contributed by atoms with Gasteiger partial charge in [0, 0.05) is 30.6 Å². The molecule has 0 saturated carbocycles. The van der Waals surface area contributed by atoms with Gasteiger partial charge in [-0.2, -0.15) is 0 Å². The second-order valence-corrected chi connectivity index (χ2v) is 3.48. The molecule has 1 unspecified atom stereocenters. The van der Waals surface area contributed by atoms with E-state index in [-0.39, 0.29) is 25.7 Å². The van der Waals surface area contributed by atoms with E-state index in [0.717, 1.165) is 0 Å². The van der Waals surface area contributed by atoms with Crippen molar-refractivity contribution in [2.24, 2.45) is 5.41 Å².